The Morgan fingerprint density at radius 3 is 2.71 bits per heavy atom. The summed E-state index contributed by atoms with van der Waals surface area (Å²) < 4.78 is 28.0. The Morgan fingerprint density at radius 1 is 1.41 bits per heavy atom. The van der Waals surface area contributed by atoms with Crippen LogP contribution >= 0.6 is 0 Å². The van der Waals surface area contributed by atoms with Gasteiger partial charge in [0.05, 0.1) is 24.2 Å². The lowest BCUT2D eigenvalue weighted by Gasteiger charge is -2.21. The highest BCUT2D eigenvalue weighted by Gasteiger charge is 2.40. The maximum absolute atomic E-state index is 11.4. The minimum atomic E-state index is -3.08. The van der Waals surface area contributed by atoms with E-state index in [9.17, 15) is 13.5 Å². The highest BCUT2D eigenvalue weighted by molar-refractivity contribution is 7.91. The van der Waals surface area contributed by atoms with Crippen molar-refractivity contribution >= 4 is 9.84 Å². The first-order valence-corrected chi connectivity index (χ1v) is 7.31. The van der Waals surface area contributed by atoms with Crippen molar-refractivity contribution in [3.05, 3.63) is 29.8 Å². The largest absolute Gasteiger partial charge is 0.496 e. The molecule has 0 amide bonds. The van der Waals surface area contributed by atoms with Crippen molar-refractivity contribution in [2.45, 2.75) is 18.4 Å². The summed E-state index contributed by atoms with van der Waals surface area (Å²) in [5.41, 5.74) is -0.303. The molecule has 1 aromatic carbocycles. The van der Waals surface area contributed by atoms with Gasteiger partial charge < -0.3 is 9.84 Å². The first-order chi connectivity index (χ1) is 7.94. The molecule has 1 heterocycles. The minimum absolute atomic E-state index is 0.0681. The van der Waals surface area contributed by atoms with Crippen LogP contribution in [0.5, 0.6) is 5.75 Å². The van der Waals surface area contributed by atoms with E-state index in [4.69, 9.17) is 4.74 Å². The number of benzene rings is 1. The smallest absolute Gasteiger partial charge is 0.153 e. The molecule has 0 radical (unpaired) electrons. The van der Waals surface area contributed by atoms with Crippen LogP contribution in [0.1, 0.15) is 12.0 Å². The van der Waals surface area contributed by atoms with Gasteiger partial charge in [-0.3, -0.25) is 0 Å². The molecule has 4 nitrogen and oxygen atoms in total. The molecule has 0 saturated carbocycles. The minimum Gasteiger partial charge on any atom is -0.496 e. The van der Waals surface area contributed by atoms with Crippen molar-refractivity contribution in [1.82, 2.24) is 0 Å². The summed E-state index contributed by atoms with van der Waals surface area (Å²) in [4.78, 5) is 0. The van der Waals surface area contributed by atoms with E-state index in [0.717, 1.165) is 5.56 Å². The van der Waals surface area contributed by atoms with Crippen LogP contribution in [0.3, 0.4) is 0 Å². The van der Waals surface area contributed by atoms with Crippen molar-refractivity contribution in [2.75, 3.05) is 18.6 Å². The van der Waals surface area contributed by atoms with Crippen LogP contribution in [0, 0.1) is 0 Å². The molecular formula is C12H16O4S. The van der Waals surface area contributed by atoms with Crippen molar-refractivity contribution in [3.8, 4) is 5.75 Å². The lowest BCUT2D eigenvalue weighted by molar-refractivity contribution is 0.0675. The molecule has 94 valence electrons. The third kappa shape index (κ3) is 2.79. The molecule has 0 aliphatic carbocycles. The number of para-hydroxylation sites is 1. The summed E-state index contributed by atoms with van der Waals surface area (Å²) in [5.74, 6) is 0.599. The van der Waals surface area contributed by atoms with E-state index in [0.29, 0.717) is 18.6 Å². The van der Waals surface area contributed by atoms with E-state index < -0.39 is 15.4 Å². The van der Waals surface area contributed by atoms with Gasteiger partial charge in [0.1, 0.15) is 5.75 Å². The second-order valence-electron chi connectivity index (χ2n) is 4.55. The Labute approximate surface area is 101 Å². The summed E-state index contributed by atoms with van der Waals surface area (Å²) in [7, 11) is -1.52. The highest BCUT2D eigenvalue weighted by Crippen LogP contribution is 2.30. The lowest BCUT2D eigenvalue weighted by Crippen LogP contribution is -2.32. The number of methoxy groups -OCH3 is 1. The Bertz CT molecular complexity index is 509. The molecule has 1 N–H and O–H groups in total. The van der Waals surface area contributed by atoms with Gasteiger partial charge in [0.2, 0.25) is 0 Å². The van der Waals surface area contributed by atoms with Crippen LogP contribution in [-0.4, -0.2) is 37.7 Å². The molecular weight excluding hydrogens is 240 g/mol. The zero-order valence-corrected chi connectivity index (χ0v) is 10.5. The molecule has 0 aromatic heterocycles. The predicted octanol–water partition coefficient (Wildman–Crippen LogP) is 0.787. The number of aliphatic hydroxyl groups is 1. The molecule has 5 heteroatoms. The van der Waals surface area contributed by atoms with Crippen molar-refractivity contribution in [2.24, 2.45) is 0 Å². The Morgan fingerprint density at radius 2 is 2.12 bits per heavy atom. The van der Waals surface area contributed by atoms with E-state index in [1.807, 2.05) is 24.3 Å². The molecule has 17 heavy (non-hydrogen) atoms. The molecule has 1 aliphatic rings. The zero-order chi connectivity index (χ0) is 12.5. The molecule has 1 aliphatic heterocycles. The molecule has 1 unspecified atom stereocenters. The Hall–Kier alpha value is -1.07. The number of hydrogen-bond donors (Lipinski definition) is 1. The third-order valence-electron chi connectivity index (χ3n) is 3.08. The van der Waals surface area contributed by atoms with Gasteiger partial charge in [-0.05, 0) is 18.1 Å². The fourth-order valence-corrected chi connectivity index (χ4v) is 4.14. The molecule has 2 rings (SSSR count). The van der Waals surface area contributed by atoms with Gasteiger partial charge in [-0.1, -0.05) is 18.2 Å². The quantitative estimate of drug-likeness (QED) is 0.868. The average Bonchev–Trinajstić information content (AvgIpc) is 2.53. The first kappa shape index (κ1) is 12.4. The SMILES string of the molecule is COc1ccccc1CC1(O)CCS(=O)(=O)C1. The highest BCUT2D eigenvalue weighted by atomic mass is 32.2. The topological polar surface area (TPSA) is 63.6 Å². The van der Waals surface area contributed by atoms with Gasteiger partial charge in [-0.2, -0.15) is 0 Å². The van der Waals surface area contributed by atoms with Gasteiger partial charge in [0.25, 0.3) is 0 Å². The van der Waals surface area contributed by atoms with E-state index >= 15 is 0 Å². The number of ether oxygens (including phenoxy) is 1. The van der Waals surface area contributed by atoms with Crippen molar-refractivity contribution < 1.29 is 18.3 Å². The van der Waals surface area contributed by atoms with Crippen LogP contribution in [0.4, 0.5) is 0 Å². The Balaban J connectivity index is 2.21. The summed E-state index contributed by atoms with van der Waals surface area (Å²) >= 11 is 0. The monoisotopic (exact) mass is 256 g/mol. The lowest BCUT2D eigenvalue weighted by atomic mass is 9.93. The maximum Gasteiger partial charge on any atom is 0.153 e. The molecule has 0 bridgehead atoms. The van der Waals surface area contributed by atoms with E-state index in [2.05, 4.69) is 0 Å². The molecule has 1 saturated heterocycles. The fraction of sp³-hybridized carbons (Fsp3) is 0.500. The fourth-order valence-electron chi connectivity index (χ4n) is 2.24. The van der Waals surface area contributed by atoms with Crippen LogP contribution in [0.25, 0.3) is 0 Å². The van der Waals surface area contributed by atoms with Crippen LogP contribution < -0.4 is 4.74 Å². The van der Waals surface area contributed by atoms with Gasteiger partial charge in [0.15, 0.2) is 9.84 Å². The van der Waals surface area contributed by atoms with Gasteiger partial charge in [-0.25, -0.2) is 8.42 Å². The zero-order valence-electron chi connectivity index (χ0n) is 9.72. The van der Waals surface area contributed by atoms with Crippen molar-refractivity contribution in [1.29, 1.82) is 0 Å². The van der Waals surface area contributed by atoms with Gasteiger partial charge in [0, 0.05) is 6.42 Å². The summed E-state index contributed by atoms with van der Waals surface area (Å²) in [6.07, 6.45) is 0.615. The van der Waals surface area contributed by atoms with Crippen LogP contribution in [0.2, 0.25) is 0 Å². The molecule has 1 aromatic rings. The first-order valence-electron chi connectivity index (χ1n) is 5.49. The molecule has 1 fully saturated rings. The molecule has 0 spiro atoms. The Kier molecular flexibility index (Phi) is 3.14. The normalized spacial score (nSPS) is 26.9. The van der Waals surface area contributed by atoms with Crippen LogP contribution in [0.15, 0.2) is 24.3 Å². The van der Waals surface area contributed by atoms with Crippen molar-refractivity contribution in [3.63, 3.8) is 0 Å². The van der Waals surface area contributed by atoms with Gasteiger partial charge in [-0.15, -0.1) is 0 Å². The number of hydrogen-bond acceptors (Lipinski definition) is 4. The van der Waals surface area contributed by atoms with E-state index in [1.165, 1.54) is 0 Å². The van der Waals surface area contributed by atoms with E-state index in [-0.39, 0.29) is 11.5 Å². The summed E-state index contributed by atoms with van der Waals surface area (Å²) in [5, 5.41) is 10.3. The molecule has 1 atom stereocenters. The number of sulfone groups is 1. The van der Waals surface area contributed by atoms with E-state index in [1.54, 1.807) is 7.11 Å². The maximum atomic E-state index is 11.4. The second-order valence-corrected chi connectivity index (χ2v) is 6.74. The van der Waals surface area contributed by atoms with Crippen LogP contribution in [-0.2, 0) is 16.3 Å². The van der Waals surface area contributed by atoms with Gasteiger partial charge >= 0.3 is 0 Å². The number of rotatable bonds is 3. The predicted molar refractivity (Wildman–Crippen MR) is 64.9 cm³/mol. The standard InChI is InChI=1S/C12H16O4S/c1-16-11-5-3-2-4-10(11)8-12(13)6-7-17(14,15)9-12/h2-5,13H,6-9H2,1H3. The summed E-state index contributed by atoms with van der Waals surface area (Å²) in [6.45, 7) is 0. The third-order valence-corrected chi connectivity index (χ3v) is 4.88. The second kappa shape index (κ2) is 4.31. The average molecular weight is 256 g/mol. The summed E-state index contributed by atoms with van der Waals surface area (Å²) in [6, 6.07) is 7.35.